The Labute approximate surface area is 214 Å². The molecule has 0 spiro atoms. The highest BCUT2D eigenvalue weighted by Crippen LogP contribution is 2.24. The molecule has 0 aliphatic carbocycles. The first-order valence-electron chi connectivity index (χ1n) is 11.5. The summed E-state index contributed by atoms with van der Waals surface area (Å²) in [6.45, 7) is 5.02. The largest absolute Gasteiger partial charge is 0.493 e. The van der Waals surface area contributed by atoms with E-state index in [1.54, 1.807) is 41.3 Å². The Morgan fingerprint density at radius 1 is 1.09 bits per heavy atom. The number of halogens is 1. The van der Waals surface area contributed by atoms with Crippen LogP contribution in [-0.2, 0) is 4.74 Å². The molecule has 1 saturated heterocycles. The highest BCUT2D eigenvalue weighted by molar-refractivity contribution is 9.10. The number of morpholine rings is 1. The van der Waals surface area contributed by atoms with Gasteiger partial charge in [-0.05, 0) is 61.1 Å². The first-order valence-corrected chi connectivity index (χ1v) is 12.7. The van der Waals surface area contributed by atoms with Gasteiger partial charge in [0.15, 0.2) is 5.11 Å². The van der Waals surface area contributed by atoms with E-state index in [9.17, 15) is 9.59 Å². The number of unbranched alkanes of at least 4 members (excludes halogenated alkanes) is 3. The number of anilines is 1. The van der Waals surface area contributed by atoms with Crippen molar-refractivity contribution < 1.29 is 19.1 Å². The number of hydrogen-bond acceptors (Lipinski definition) is 5. The molecule has 0 radical (unpaired) electrons. The molecule has 182 valence electrons. The van der Waals surface area contributed by atoms with Gasteiger partial charge in [-0.1, -0.05) is 42.1 Å². The van der Waals surface area contributed by atoms with Gasteiger partial charge in [-0.15, -0.1) is 0 Å². The van der Waals surface area contributed by atoms with Gasteiger partial charge in [0.25, 0.3) is 11.8 Å². The fourth-order valence-corrected chi connectivity index (χ4v) is 4.07. The third kappa shape index (κ3) is 7.78. The van der Waals surface area contributed by atoms with E-state index < -0.39 is 0 Å². The Hall–Kier alpha value is -2.49. The fourth-order valence-electron chi connectivity index (χ4n) is 3.49. The Bertz CT molecular complexity index is 994. The van der Waals surface area contributed by atoms with Gasteiger partial charge in [0.05, 0.1) is 25.4 Å². The summed E-state index contributed by atoms with van der Waals surface area (Å²) in [6, 6.07) is 12.3. The predicted molar refractivity (Wildman–Crippen MR) is 141 cm³/mol. The van der Waals surface area contributed by atoms with Crippen molar-refractivity contribution in [3.05, 3.63) is 58.1 Å². The summed E-state index contributed by atoms with van der Waals surface area (Å²) in [5, 5.41) is 5.85. The highest BCUT2D eigenvalue weighted by atomic mass is 79.9. The number of nitrogens with one attached hydrogen (secondary N) is 2. The number of hydrogen-bond donors (Lipinski definition) is 2. The van der Waals surface area contributed by atoms with Gasteiger partial charge < -0.3 is 19.7 Å². The summed E-state index contributed by atoms with van der Waals surface area (Å²) in [5.41, 5.74) is 1.67. The Morgan fingerprint density at radius 3 is 2.53 bits per heavy atom. The molecule has 34 heavy (non-hydrogen) atoms. The summed E-state index contributed by atoms with van der Waals surface area (Å²) in [4.78, 5) is 27.2. The van der Waals surface area contributed by atoms with Crippen LogP contribution in [0.15, 0.2) is 46.9 Å². The summed E-state index contributed by atoms with van der Waals surface area (Å²) in [7, 11) is 0. The van der Waals surface area contributed by atoms with Gasteiger partial charge >= 0.3 is 0 Å². The Balaban J connectivity index is 1.55. The number of rotatable bonds is 9. The molecular formula is C25H30BrN3O4S. The molecule has 3 rings (SSSR count). The topological polar surface area (TPSA) is 79.9 Å². The van der Waals surface area contributed by atoms with Crippen molar-refractivity contribution in [2.45, 2.75) is 32.6 Å². The number of thiocarbonyl (C=S) groups is 1. The SMILES string of the molecule is CCCCCCOc1ccc(Br)cc1C(=O)NC(=S)Nc1ccc(C(=O)N2CCOCC2)cc1. The Kier molecular flexibility index (Phi) is 10.3. The van der Waals surface area contributed by atoms with E-state index in [0.29, 0.717) is 55.5 Å². The summed E-state index contributed by atoms with van der Waals surface area (Å²) < 4.78 is 11.9. The minimum atomic E-state index is -0.360. The standard InChI is InChI=1S/C25H30BrN3O4S/c1-2-3-4-5-14-33-22-11-8-19(26)17-21(22)23(30)28-25(34)27-20-9-6-18(7-10-20)24(31)29-12-15-32-16-13-29/h6-11,17H,2-5,12-16H2,1H3,(H2,27,28,30,34). The molecule has 2 aromatic carbocycles. The van der Waals surface area contributed by atoms with E-state index in [4.69, 9.17) is 21.7 Å². The quantitative estimate of drug-likeness (QED) is 0.339. The number of ether oxygens (including phenoxy) is 2. The minimum Gasteiger partial charge on any atom is -0.493 e. The molecule has 0 unspecified atom stereocenters. The van der Waals surface area contributed by atoms with Crippen LogP contribution in [-0.4, -0.2) is 54.7 Å². The number of carbonyl (C=O) groups is 2. The maximum absolute atomic E-state index is 12.9. The van der Waals surface area contributed by atoms with Crippen LogP contribution in [0.1, 0.15) is 53.3 Å². The van der Waals surface area contributed by atoms with Crippen LogP contribution in [0.25, 0.3) is 0 Å². The first kappa shape index (κ1) is 26.1. The highest BCUT2D eigenvalue weighted by Gasteiger charge is 2.19. The van der Waals surface area contributed by atoms with Gasteiger partial charge in [-0.3, -0.25) is 14.9 Å². The zero-order valence-corrected chi connectivity index (χ0v) is 21.7. The molecule has 1 aliphatic rings. The van der Waals surface area contributed by atoms with Crippen LogP contribution >= 0.6 is 28.1 Å². The summed E-state index contributed by atoms with van der Waals surface area (Å²) in [6.07, 6.45) is 4.36. The zero-order valence-electron chi connectivity index (χ0n) is 19.3. The maximum atomic E-state index is 12.9. The van der Waals surface area contributed by atoms with Gasteiger partial charge in [0, 0.05) is 28.8 Å². The van der Waals surface area contributed by atoms with E-state index in [1.807, 2.05) is 6.07 Å². The molecule has 1 aliphatic heterocycles. The van der Waals surface area contributed by atoms with Crippen molar-refractivity contribution in [2.75, 3.05) is 38.2 Å². The molecule has 1 fully saturated rings. The monoisotopic (exact) mass is 547 g/mol. The van der Waals surface area contributed by atoms with Gasteiger partial charge in [-0.25, -0.2) is 0 Å². The lowest BCUT2D eigenvalue weighted by atomic mass is 10.1. The molecule has 2 aromatic rings. The average molecular weight is 549 g/mol. The van der Waals surface area contributed by atoms with Crippen LogP contribution in [0.5, 0.6) is 5.75 Å². The minimum absolute atomic E-state index is 0.0254. The van der Waals surface area contributed by atoms with E-state index in [0.717, 1.165) is 23.7 Å². The molecule has 2 N–H and O–H groups in total. The number of nitrogens with zero attached hydrogens (tertiary/aromatic N) is 1. The molecule has 0 saturated carbocycles. The molecule has 2 amide bonds. The van der Waals surface area contributed by atoms with E-state index >= 15 is 0 Å². The van der Waals surface area contributed by atoms with Crippen LogP contribution in [0.3, 0.4) is 0 Å². The molecule has 9 heteroatoms. The average Bonchev–Trinajstić information content (AvgIpc) is 2.85. The van der Waals surface area contributed by atoms with Crippen molar-refractivity contribution in [1.82, 2.24) is 10.2 Å². The van der Waals surface area contributed by atoms with Crippen molar-refractivity contribution in [3.63, 3.8) is 0 Å². The van der Waals surface area contributed by atoms with Crippen LogP contribution in [0, 0.1) is 0 Å². The lowest BCUT2D eigenvalue weighted by Crippen LogP contribution is -2.40. The summed E-state index contributed by atoms with van der Waals surface area (Å²) >= 11 is 8.74. The van der Waals surface area contributed by atoms with Gasteiger partial charge in [-0.2, -0.15) is 0 Å². The van der Waals surface area contributed by atoms with E-state index in [1.165, 1.54) is 6.42 Å². The second-order valence-electron chi connectivity index (χ2n) is 7.94. The van der Waals surface area contributed by atoms with Crippen molar-refractivity contribution >= 4 is 50.8 Å². The van der Waals surface area contributed by atoms with Crippen LogP contribution < -0.4 is 15.4 Å². The molecule has 0 atom stereocenters. The summed E-state index contributed by atoms with van der Waals surface area (Å²) in [5.74, 6) is 0.134. The van der Waals surface area contributed by atoms with E-state index in [2.05, 4.69) is 33.5 Å². The third-order valence-electron chi connectivity index (χ3n) is 5.36. The smallest absolute Gasteiger partial charge is 0.261 e. The lowest BCUT2D eigenvalue weighted by Gasteiger charge is -2.26. The molecule has 0 aromatic heterocycles. The molecular weight excluding hydrogens is 518 g/mol. The lowest BCUT2D eigenvalue weighted by molar-refractivity contribution is 0.0303. The number of carbonyl (C=O) groups excluding carboxylic acids is 2. The van der Waals surface area contributed by atoms with Crippen molar-refractivity contribution in [3.8, 4) is 5.75 Å². The third-order valence-corrected chi connectivity index (χ3v) is 6.05. The van der Waals surface area contributed by atoms with Crippen molar-refractivity contribution in [1.29, 1.82) is 0 Å². The van der Waals surface area contributed by atoms with Gasteiger partial charge in [0.1, 0.15) is 5.75 Å². The van der Waals surface area contributed by atoms with E-state index in [-0.39, 0.29) is 16.9 Å². The first-order chi connectivity index (χ1) is 16.5. The molecule has 0 bridgehead atoms. The maximum Gasteiger partial charge on any atom is 0.261 e. The van der Waals surface area contributed by atoms with Gasteiger partial charge in [0.2, 0.25) is 0 Å². The number of benzene rings is 2. The molecule has 7 nitrogen and oxygen atoms in total. The Morgan fingerprint density at radius 2 is 1.82 bits per heavy atom. The van der Waals surface area contributed by atoms with Crippen molar-refractivity contribution in [2.24, 2.45) is 0 Å². The second kappa shape index (κ2) is 13.4. The number of amides is 2. The second-order valence-corrected chi connectivity index (χ2v) is 9.26. The fraction of sp³-hybridized carbons (Fsp3) is 0.400. The van der Waals surface area contributed by atoms with Crippen LogP contribution in [0.4, 0.5) is 5.69 Å². The predicted octanol–water partition coefficient (Wildman–Crippen LogP) is 5.01. The zero-order chi connectivity index (χ0) is 24.3. The molecule has 1 heterocycles. The normalized spacial score (nSPS) is 13.3. The van der Waals surface area contributed by atoms with Crippen LogP contribution in [0.2, 0.25) is 0 Å².